The van der Waals surface area contributed by atoms with Crippen molar-refractivity contribution in [2.45, 2.75) is 47.1 Å². The van der Waals surface area contributed by atoms with Gasteiger partial charge in [-0.1, -0.05) is 40.3 Å². The molecule has 0 aromatic heterocycles. The summed E-state index contributed by atoms with van der Waals surface area (Å²) in [4.78, 5) is 2.02. The van der Waals surface area contributed by atoms with Crippen molar-refractivity contribution in [2.24, 2.45) is 11.1 Å². The molecule has 0 saturated heterocycles. The molecule has 0 radical (unpaired) electrons. The standard InChI is InChI=1S/C16H31N3/c1-8-9-15(18-14(3)16(4,5)6)13(2)12-19(7)11-10-17/h9-11,14,18H,2,8,12,17H2,1,3-7H3/b11-10-,15-9?. The molecule has 0 heterocycles. The lowest BCUT2D eigenvalue weighted by molar-refractivity contribution is 0.303. The van der Waals surface area contributed by atoms with Gasteiger partial charge in [0.15, 0.2) is 0 Å². The van der Waals surface area contributed by atoms with Crippen molar-refractivity contribution >= 4 is 0 Å². The largest absolute Gasteiger partial charge is 0.403 e. The minimum atomic E-state index is 0.218. The van der Waals surface area contributed by atoms with Gasteiger partial charge < -0.3 is 16.0 Å². The van der Waals surface area contributed by atoms with E-state index in [1.54, 1.807) is 6.20 Å². The molecule has 0 spiro atoms. The van der Waals surface area contributed by atoms with Gasteiger partial charge in [0.1, 0.15) is 0 Å². The summed E-state index contributed by atoms with van der Waals surface area (Å²) in [6, 6.07) is 0.386. The van der Waals surface area contributed by atoms with Crippen LogP contribution in [-0.2, 0) is 0 Å². The van der Waals surface area contributed by atoms with Crippen LogP contribution in [0.3, 0.4) is 0 Å². The van der Waals surface area contributed by atoms with Crippen LogP contribution in [0.15, 0.2) is 36.3 Å². The minimum Gasteiger partial charge on any atom is -0.403 e. The number of allylic oxidation sites excluding steroid dienone is 1. The highest BCUT2D eigenvalue weighted by Gasteiger charge is 2.20. The fourth-order valence-electron chi connectivity index (χ4n) is 1.55. The van der Waals surface area contributed by atoms with Crippen molar-refractivity contribution in [3.8, 4) is 0 Å². The Labute approximate surface area is 119 Å². The van der Waals surface area contributed by atoms with Crippen LogP contribution in [0.5, 0.6) is 0 Å². The van der Waals surface area contributed by atoms with Crippen molar-refractivity contribution in [3.63, 3.8) is 0 Å². The Morgan fingerprint density at radius 2 is 2.00 bits per heavy atom. The number of hydrogen-bond acceptors (Lipinski definition) is 3. The van der Waals surface area contributed by atoms with Crippen LogP contribution in [0.25, 0.3) is 0 Å². The summed E-state index contributed by atoms with van der Waals surface area (Å²) >= 11 is 0. The normalized spacial score (nSPS) is 14.5. The zero-order valence-electron chi connectivity index (χ0n) is 13.5. The zero-order valence-corrected chi connectivity index (χ0v) is 13.5. The molecule has 0 saturated carbocycles. The lowest BCUT2D eigenvalue weighted by Crippen LogP contribution is -2.38. The number of rotatable bonds is 7. The summed E-state index contributed by atoms with van der Waals surface area (Å²) in [5.41, 5.74) is 7.84. The third kappa shape index (κ3) is 6.94. The first-order valence-corrected chi connectivity index (χ1v) is 6.95. The van der Waals surface area contributed by atoms with Gasteiger partial charge in [-0.25, -0.2) is 0 Å². The number of hydrogen-bond donors (Lipinski definition) is 2. The maximum atomic E-state index is 5.40. The zero-order chi connectivity index (χ0) is 15.1. The van der Waals surface area contributed by atoms with Crippen LogP contribution in [0.2, 0.25) is 0 Å². The molecule has 0 fully saturated rings. The molecule has 19 heavy (non-hydrogen) atoms. The molecule has 0 bridgehead atoms. The maximum Gasteiger partial charge on any atom is 0.0435 e. The molecule has 1 unspecified atom stereocenters. The Hall–Kier alpha value is -1.38. The van der Waals surface area contributed by atoms with E-state index in [2.05, 4.69) is 52.6 Å². The molecule has 0 aromatic rings. The van der Waals surface area contributed by atoms with Crippen molar-refractivity contribution in [3.05, 3.63) is 36.3 Å². The predicted molar refractivity (Wildman–Crippen MR) is 85.5 cm³/mol. The van der Waals surface area contributed by atoms with E-state index >= 15 is 0 Å². The highest BCUT2D eigenvalue weighted by molar-refractivity contribution is 5.28. The summed E-state index contributed by atoms with van der Waals surface area (Å²) in [6.45, 7) is 16.0. The van der Waals surface area contributed by atoms with Crippen LogP contribution in [0, 0.1) is 5.41 Å². The quantitative estimate of drug-likeness (QED) is 0.694. The summed E-state index contributed by atoms with van der Waals surface area (Å²) < 4.78 is 0. The molecule has 3 nitrogen and oxygen atoms in total. The second-order valence-corrected chi connectivity index (χ2v) is 6.12. The van der Waals surface area contributed by atoms with E-state index in [4.69, 9.17) is 5.73 Å². The highest BCUT2D eigenvalue weighted by Crippen LogP contribution is 2.21. The maximum absolute atomic E-state index is 5.40. The smallest absolute Gasteiger partial charge is 0.0435 e. The molecular weight excluding hydrogens is 234 g/mol. The molecule has 0 rings (SSSR count). The topological polar surface area (TPSA) is 41.3 Å². The second-order valence-electron chi connectivity index (χ2n) is 6.12. The first kappa shape index (κ1) is 17.6. The minimum absolute atomic E-state index is 0.218. The Balaban J connectivity index is 4.75. The second kappa shape index (κ2) is 7.93. The van der Waals surface area contributed by atoms with E-state index in [1.165, 1.54) is 0 Å². The third-order valence-electron chi connectivity index (χ3n) is 3.24. The van der Waals surface area contributed by atoms with Gasteiger partial charge in [0.2, 0.25) is 0 Å². The van der Waals surface area contributed by atoms with Crippen molar-refractivity contribution in [1.82, 2.24) is 10.2 Å². The molecule has 0 aliphatic rings. The number of nitrogens with one attached hydrogen (secondary N) is 1. The van der Waals surface area contributed by atoms with Gasteiger partial charge in [-0.2, -0.15) is 0 Å². The van der Waals surface area contributed by atoms with Gasteiger partial charge in [-0.15, -0.1) is 0 Å². The third-order valence-corrected chi connectivity index (χ3v) is 3.24. The van der Waals surface area contributed by atoms with Crippen molar-refractivity contribution < 1.29 is 0 Å². The predicted octanol–water partition coefficient (Wildman–Crippen LogP) is 3.22. The number of nitrogens with zero attached hydrogens (tertiary/aromatic N) is 1. The molecule has 1 atom stereocenters. The molecule has 0 aliphatic carbocycles. The van der Waals surface area contributed by atoms with Crippen molar-refractivity contribution in [2.75, 3.05) is 13.6 Å². The lowest BCUT2D eigenvalue weighted by atomic mass is 9.87. The molecule has 0 aromatic carbocycles. The molecule has 0 amide bonds. The summed E-state index contributed by atoms with van der Waals surface area (Å²) in [5.74, 6) is 0. The Morgan fingerprint density at radius 3 is 2.42 bits per heavy atom. The van der Waals surface area contributed by atoms with Crippen molar-refractivity contribution in [1.29, 1.82) is 0 Å². The first-order valence-electron chi connectivity index (χ1n) is 6.95. The molecular formula is C16H31N3. The van der Waals surface area contributed by atoms with E-state index in [-0.39, 0.29) is 5.41 Å². The van der Waals surface area contributed by atoms with Gasteiger partial charge >= 0.3 is 0 Å². The van der Waals surface area contributed by atoms with Crippen LogP contribution >= 0.6 is 0 Å². The van der Waals surface area contributed by atoms with Crippen LogP contribution in [-0.4, -0.2) is 24.5 Å². The van der Waals surface area contributed by atoms with E-state index in [0.29, 0.717) is 6.04 Å². The first-order chi connectivity index (χ1) is 8.72. The molecule has 0 aliphatic heterocycles. The van der Waals surface area contributed by atoms with Crippen LogP contribution < -0.4 is 11.1 Å². The van der Waals surface area contributed by atoms with Gasteiger partial charge in [-0.05, 0) is 24.3 Å². The lowest BCUT2D eigenvalue weighted by Gasteiger charge is -2.31. The van der Waals surface area contributed by atoms with Gasteiger partial charge in [-0.3, -0.25) is 0 Å². The monoisotopic (exact) mass is 265 g/mol. The SMILES string of the molecule is C=C(CN(C)/C=C\N)C(=CCC)NC(C)C(C)(C)C. The fourth-order valence-corrected chi connectivity index (χ4v) is 1.55. The van der Waals surface area contributed by atoms with Gasteiger partial charge in [0.25, 0.3) is 0 Å². The molecule has 3 heteroatoms. The summed E-state index contributed by atoms with van der Waals surface area (Å²) in [6.07, 6.45) is 6.59. The Kier molecular flexibility index (Phi) is 7.35. The number of nitrogens with two attached hydrogens (primary N) is 1. The highest BCUT2D eigenvalue weighted by atomic mass is 15.1. The van der Waals surface area contributed by atoms with E-state index < -0.39 is 0 Å². The average Bonchev–Trinajstić information content (AvgIpc) is 2.27. The molecule has 3 N–H and O–H groups in total. The average molecular weight is 265 g/mol. The summed E-state index contributed by atoms with van der Waals surface area (Å²) in [5, 5.41) is 3.58. The Morgan fingerprint density at radius 1 is 1.42 bits per heavy atom. The molecule has 110 valence electrons. The van der Waals surface area contributed by atoms with E-state index in [0.717, 1.165) is 24.2 Å². The van der Waals surface area contributed by atoms with E-state index in [9.17, 15) is 0 Å². The Bertz CT molecular complexity index is 334. The summed E-state index contributed by atoms with van der Waals surface area (Å²) in [7, 11) is 1.99. The van der Waals surface area contributed by atoms with Crippen LogP contribution in [0.1, 0.15) is 41.0 Å². The fraction of sp³-hybridized carbons (Fsp3) is 0.625. The number of likely N-dealkylation sites (N-methyl/N-ethyl adjacent to an activating group) is 1. The van der Waals surface area contributed by atoms with Gasteiger partial charge in [0.05, 0.1) is 0 Å². The van der Waals surface area contributed by atoms with Gasteiger partial charge in [0, 0.05) is 37.7 Å². The van der Waals surface area contributed by atoms with E-state index in [1.807, 2.05) is 18.1 Å². The van der Waals surface area contributed by atoms with Crippen LogP contribution in [0.4, 0.5) is 0 Å².